The highest BCUT2D eigenvalue weighted by Crippen LogP contribution is 2.59. The first-order chi connectivity index (χ1) is 29.7. The van der Waals surface area contributed by atoms with Crippen LogP contribution in [0.5, 0.6) is 0 Å². The Hall–Kier alpha value is -5.59. The van der Waals surface area contributed by atoms with Crippen LogP contribution in [-0.2, 0) is 52.5 Å². The maximum absolute atomic E-state index is 13.3. The number of carbonyl (C=O) groups excluding carboxylic acids is 7. The molecule has 3 heterocycles. The lowest BCUT2D eigenvalue weighted by Gasteiger charge is -2.42. The lowest BCUT2D eigenvalue weighted by molar-refractivity contribution is -0.143. The minimum Gasteiger partial charge on any atom is -0.481 e. The van der Waals surface area contributed by atoms with E-state index in [2.05, 4.69) is 38.0 Å². The average Bonchev–Trinajstić information content (AvgIpc) is 4.07. The van der Waals surface area contributed by atoms with Gasteiger partial charge in [-0.15, -0.1) is 0 Å². The number of methoxy groups -OCH3 is 1. The summed E-state index contributed by atoms with van der Waals surface area (Å²) in [7, 11) is 1.53. The molecule has 10 atom stereocenters. The topological polar surface area (TPSA) is 372 Å². The number of alkyl carbamates (subject to hydrolysis) is 1. The molecule has 13 N–H and O–H groups in total. The molecule has 3 aliphatic heterocycles. The summed E-state index contributed by atoms with van der Waals surface area (Å²) in [6, 6.07) is -5.60. The molecule has 4 fully saturated rings. The number of ether oxygens (including phenoxy) is 4. The van der Waals surface area contributed by atoms with Crippen molar-refractivity contribution in [2.45, 2.75) is 126 Å². The average molecular weight is 895 g/mol. The fraction of sp³-hybridized carbons (Fsp3) is 0.718. The Morgan fingerprint density at radius 1 is 0.952 bits per heavy atom. The summed E-state index contributed by atoms with van der Waals surface area (Å²) < 4.78 is 23.8. The minimum atomic E-state index is -1.77. The number of guanidine groups is 1. The molecule has 0 radical (unpaired) electrons. The number of nitrogens with zero attached hydrogens (tertiary/aromatic N) is 1. The van der Waals surface area contributed by atoms with Crippen molar-refractivity contribution in [1.82, 2.24) is 36.8 Å². The number of aliphatic hydroxyl groups is 1. The van der Waals surface area contributed by atoms with E-state index in [9.17, 15) is 48.6 Å². The number of hydrogen-bond acceptors (Lipinski definition) is 14. The Kier molecular flexibility index (Phi) is 17.6. The second kappa shape index (κ2) is 22.2. The van der Waals surface area contributed by atoms with Crippen molar-refractivity contribution in [2.24, 2.45) is 17.4 Å². The van der Waals surface area contributed by atoms with E-state index in [1.807, 2.05) is 20.8 Å². The number of carboxylic acids is 1. The molecule has 24 heteroatoms. The van der Waals surface area contributed by atoms with E-state index < -0.39 is 121 Å². The molecule has 1 spiro atoms. The lowest BCUT2D eigenvalue weighted by atomic mass is 9.68. The van der Waals surface area contributed by atoms with Crippen LogP contribution in [0.25, 0.3) is 0 Å². The maximum Gasteiger partial charge on any atom is 0.407 e. The SMILES string of the molecule is CO[C@@H]1[C@H](OC(=O)NCC(=O)N[C@@H](CCCNC(=N)N)C(=O)NCC(=O)N[C@@H](CC(=O)O)C(=O)N[C@@H](CO)C(=O)N2CCCC2C(N)=O)CC[C@]2(CO2)[C@H]1[C@@]1(C)O[C@@H]1CC=C(C)C. The molecule has 352 valence electrons. The number of nitrogens with one attached hydrogen (secondary N) is 7. The van der Waals surface area contributed by atoms with E-state index >= 15 is 0 Å². The molecule has 4 aliphatic rings. The van der Waals surface area contributed by atoms with Crippen molar-refractivity contribution in [1.29, 1.82) is 5.41 Å². The zero-order chi connectivity index (χ0) is 46.6. The molecular formula is C39H62N10O14. The van der Waals surface area contributed by atoms with Gasteiger partial charge in [-0.25, -0.2) is 4.79 Å². The number of primary amides is 1. The zero-order valence-corrected chi connectivity index (χ0v) is 36.0. The highest BCUT2D eigenvalue weighted by Gasteiger charge is 2.72. The van der Waals surface area contributed by atoms with Crippen molar-refractivity contribution in [3.05, 3.63) is 11.6 Å². The number of hydrogen-bond donors (Lipinski definition) is 11. The normalized spacial score (nSPS) is 27.1. The summed E-state index contributed by atoms with van der Waals surface area (Å²) >= 11 is 0. The molecule has 0 aromatic rings. The fourth-order valence-electron chi connectivity index (χ4n) is 8.35. The van der Waals surface area contributed by atoms with Crippen molar-refractivity contribution in [3.8, 4) is 0 Å². The first-order valence-corrected chi connectivity index (χ1v) is 20.8. The molecular weight excluding hydrogens is 832 g/mol. The van der Waals surface area contributed by atoms with Gasteiger partial charge in [-0.05, 0) is 65.7 Å². The highest BCUT2D eigenvalue weighted by atomic mass is 16.6. The number of epoxide rings is 2. The number of carbonyl (C=O) groups is 8. The maximum atomic E-state index is 13.3. The summed E-state index contributed by atoms with van der Waals surface area (Å²) in [5, 5.41) is 40.8. The minimum absolute atomic E-state index is 0.0313. The van der Waals surface area contributed by atoms with E-state index in [4.69, 9.17) is 35.8 Å². The molecule has 4 rings (SSSR count). The number of aliphatic hydroxyl groups excluding tert-OH is 1. The summed E-state index contributed by atoms with van der Waals surface area (Å²) in [5.41, 5.74) is 10.9. The molecule has 7 amide bonds. The van der Waals surface area contributed by atoms with Gasteiger partial charge in [-0.2, -0.15) is 0 Å². The summed E-state index contributed by atoms with van der Waals surface area (Å²) in [6.45, 7) is 4.52. The number of amides is 7. The molecule has 1 saturated carbocycles. The van der Waals surface area contributed by atoms with Crippen molar-refractivity contribution in [3.63, 3.8) is 0 Å². The molecule has 0 aromatic carbocycles. The predicted octanol–water partition coefficient (Wildman–Crippen LogP) is -3.43. The Bertz CT molecular complexity index is 1770. The van der Waals surface area contributed by atoms with Gasteiger partial charge in [-0.3, -0.25) is 39.0 Å². The number of aliphatic carboxylic acids is 1. The largest absolute Gasteiger partial charge is 0.481 e. The van der Waals surface area contributed by atoms with Gasteiger partial charge in [0, 0.05) is 20.2 Å². The molecule has 24 nitrogen and oxygen atoms in total. The number of likely N-dealkylation sites (tertiary alicyclic amines) is 1. The van der Waals surface area contributed by atoms with Crippen molar-refractivity contribution < 1.29 is 67.5 Å². The molecule has 3 saturated heterocycles. The van der Waals surface area contributed by atoms with Gasteiger partial charge in [-0.1, -0.05) is 11.6 Å². The summed E-state index contributed by atoms with van der Waals surface area (Å²) in [4.78, 5) is 103. The fourth-order valence-corrected chi connectivity index (χ4v) is 8.35. The predicted molar refractivity (Wildman–Crippen MR) is 219 cm³/mol. The molecule has 0 aromatic heterocycles. The Balaban J connectivity index is 1.31. The van der Waals surface area contributed by atoms with Gasteiger partial charge in [0.25, 0.3) is 0 Å². The Morgan fingerprint density at radius 3 is 2.21 bits per heavy atom. The van der Waals surface area contributed by atoms with Gasteiger partial charge in [0.1, 0.15) is 54.1 Å². The van der Waals surface area contributed by atoms with Crippen LogP contribution in [0.15, 0.2) is 11.6 Å². The van der Waals surface area contributed by atoms with Crippen molar-refractivity contribution >= 4 is 53.5 Å². The first-order valence-electron chi connectivity index (χ1n) is 20.8. The smallest absolute Gasteiger partial charge is 0.407 e. The second-order valence-corrected chi connectivity index (χ2v) is 16.5. The van der Waals surface area contributed by atoms with Gasteiger partial charge < -0.3 is 77.4 Å². The van der Waals surface area contributed by atoms with Crippen molar-refractivity contribution in [2.75, 3.05) is 46.5 Å². The van der Waals surface area contributed by atoms with Crippen LogP contribution in [-0.4, -0.2) is 169 Å². The lowest BCUT2D eigenvalue weighted by Crippen LogP contribution is -2.58. The zero-order valence-electron chi connectivity index (χ0n) is 36.0. The monoisotopic (exact) mass is 894 g/mol. The van der Waals surface area contributed by atoms with Crippen LogP contribution in [0.3, 0.4) is 0 Å². The van der Waals surface area contributed by atoms with Gasteiger partial charge in [0.05, 0.1) is 38.2 Å². The van der Waals surface area contributed by atoms with Crippen LogP contribution >= 0.6 is 0 Å². The van der Waals surface area contributed by atoms with Gasteiger partial charge >= 0.3 is 12.1 Å². The van der Waals surface area contributed by atoms with E-state index in [1.165, 1.54) is 7.11 Å². The number of carboxylic acid groups (broad SMARTS) is 1. The molecule has 0 bridgehead atoms. The van der Waals surface area contributed by atoms with Crippen LogP contribution in [0.4, 0.5) is 4.79 Å². The van der Waals surface area contributed by atoms with Gasteiger partial charge in [0.2, 0.25) is 35.4 Å². The Morgan fingerprint density at radius 2 is 1.62 bits per heavy atom. The summed E-state index contributed by atoms with van der Waals surface area (Å²) in [5.74, 6) is -7.51. The highest BCUT2D eigenvalue weighted by molar-refractivity contribution is 5.97. The van der Waals surface area contributed by atoms with Crippen LogP contribution < -0.4 is 43.4 Å². The number of nitrogens with two attached hydrogens (primary N) is 2. The summed E-state index contributed by atoms with van der Waals surface area (Å²) in [6.07, 6.45) is 1.60. The van der Waals surface area contributed by atoms with E-state index in [-0.39, 0.29) is 50.3 Å². The first kappa shape index (κ1) is 50.1. The quantitative estimate of drug-likeness (QED) is 0.0156. The molecule has 63 heavy (non-hydrogen) atoms. The Labute approximate surface area is 364 Å². The van der Waals surface area contributed by atoms with Crippen LogP contribution in [0.1, 0.15) is 72.1 Å². The third-order valence-corrected chi connectivity index (χ3v) is 11.6. The number of allylic oxidation sites excluding steroid dienone is 1. The molecule has 1 unspecified atom stereocenters. The van der Waals surface area contributed by atoms with Gasteiger partial charge in [0.15, 0.2) is 5.96 Å². The number of rotatable bonds is 23. The van der Waals surface area contributed by atoms with E-state index in [1.54, 1.807) is 0 Å². The van der Waals surface area contributed by atoms with Crippen LogP contribution in [0.2, 0.25) is 0 Å². The van der Waals surface area contributed by atoms with E-state index in [0.29, 0.717) is 32.3 Å². The van der Waals surface area contributed by atoms with E-state index in [0.717, 1.165) is 10.5 Å². The standard InChI is InChI=1S/C39H62N10O14/c1-20(2)9-10-26-38(3,63-26)31-30(60-4)25(11-12-39(31)19-61-39)62-37(59)45-17-28(52)46-21(7-5-13-43-36(41)42)33(56)44-16-27(51)47-22(15-29(53)54)34(57)48-23(18-50)35(58)49-14-6-8-24(49)32(40)55/h9,21-26,30-31,50H,5-8,10-19H2,1-4H3,(H2,40,55)(H,44,56)(H,45,59)(H,46,52)(H,47,51)(H,48,57)(H,53,54)(H4,41,42,43)/t21-,22-,23-,24?,25+,26+,30+,31+,38-,39-/m0/s1. The molecule has 1 aliphatic carbocycles. The third-order valence-electron chi connectivity index (χ3n) is 11.6. The second-order valence-electron chi connectivity index (χ2n) is 16.5. The third kappa shape index (κ3) is 13.7. The van der Waals surface area contributed by atoms with Crippen LogP contribution in [0, 0.1) is 11.3 Å².